The van der Waals surface area contributed by atoms with Crippen molar-refractivity contribution in [1.29, 1.82) is 0 Å². The number of rotatable bonds is 5. The third-order valence-corrected chi connectivity index (χ3v) is 3.85. The highest BCUT2D eigenvalue weighted by atomic mass is 127. The van der Waals surface area contributed by atoms with Crippen molar-refractivity contribution in [3.8, 4) is 0 Å². The molecular formula is C11H15IO3S. The van der Waals surface area contributed by atoms with Gasteiger partial charge in [-0.25, -0.2) is 0 Å². The van der Waals surface area contributed by atoms with E-state index in [1.807, 2.05) is 31.2 Å². The van der Waals surface area contributed by atoms with Crippen molar-refractivity contribution in [3.05, 3.63) is 33.4 Å². The third kappa shape index (κ3) is 4.80. The van der Waals surface area contributed by atoms with Gasteiger partial charge in [0.25, 0.3) is 10.1 Å². The summed E-state index contributed by atoms with van der Waals surface area (Å²) >= 11 is 2.24. The lowest BCUT2D eigenvalue weighted by Crippen LogP contribution is -2.19. The third-order valence-electron chi connectivity index (χ3n) is 2.17. The van der Waals surface area contributed by atoms with E-state index in [1.165, 1.54) is 0 Å². The van der Waals surface area contributed by atoms with Crippen LogP contribution in [-0.4, -0.2) is 20.8 Å². The smallest absolute Gasteiger partial charge is 0.264 e. The minimum Gasteiger partial charge on any atom is -0.267 e. The molecule has 5 heteroatoms. The van der Waals surface area contributed by atoms with E-state index in [1.54, 1.807) is 0 Å². The van der Waals surface area contributed by atoms with Crippen molar-refractivity contribution in [2.75, 3.05) is 6.26 Å². The van der Waals surface area contributed by atoms with Crippen LogP contribution in [0.5, 0.6) is 0 Å². The normalized spacial score (nSPS) is 13.7. The van der Waals surface area contributed by atoms with Crippen LogP contribution in [-0.2, 0) is 20.7 Å². The maximum atomic E-state index is 11.1. The van der Waals surface area contributed by atoms with Gasteiger partial charge in [0, 0.05) is 9.99 Å². The molecule has 0 saturated carbocycles. The van der Waals surface area contributed by atoms with Crippen molar-refractivity contribution < 1.29 is 12.6 Å². The molecule has 1 aromatic carbocycles. The maximum absolute atomic E-state index is 11.1. The van der Waals surface area contributed by atoms with E-state index in [-0.39, 0.29) is 6.10 Å². The highest BCUT2D eigenvalue weighted by Gasteiger charge is 2.15. The summed E-state index contributed by atoms with van der Waals surface area (Å²) in [5.74, 6) is 0. The Balaban J connectivity index is 2.75. The van der Waals surface area contributed by atoms with Gasteiger partial charge in [-0.05, 0) is 40.6 Å². The quantitative estimate of drug-likeness (QED) is 0.603. The van der Waals surface area contributed by atoms with Gasteiger partial charge < -0.3 is 0 Å². The Kier molecular flexibility index (Phi) is 5.20. The second-order valence-corrected chi connectivity index (χ2v) is 6.39. The van der Waals surface area contributed by atoms with Crippen LogP contribution >= 0.6 is 22.6 Å². The fraction of sp³-hybridized carbons (Fsp3) is 0.455. The summed E-state index contributed by atoms with van der Waals surface area (Å²) in [6.45, 7) is 1.92. The highest BCUT2D eigenvalue weighted by Crippen LogP contribution is 2.16. The van der Waals surface area contributed by atoms with E-state index in [2.05, 4.69) is 22.6 Å². The molecule has 0 bridgehead atoms. The topological polar surface area (TPSA) is 43.4 Å². The summed E-state index contributed by atoms with van der Waals surface area (Å²) in [5.41, 5.74) is 1.12. The lowest BCUT2D eigenvalue weighted by molar-refractivity contribution is 0.207. The molecule has 0 N–H and O–H groups in total. The van der Waals surface area contributed by atoms with Crippen molar-refractivity contribution in [3.63, 3.8) is 0 Å². The van der Waals surface area contributed by atoms with Gasteiger partial charge in [0.2, 0.25) is 0 Å². The minimum absolute atomic E-state index is 0.272. The van der Waals surface area contributed by atoms with Crippen LogP contribution in [0.4, 0.5) is 0 Å². The summed E-state index contributed by atoms with van der Waals surface area (Å²) in [6, 6.07) is 7.91. The number of hydrogen-bond donors (Lipinski definition) is 0. The van der Waals surface area contributed by atoms with E-state index in [0.717, 1.165) is 15.4 Å². The Morgan fingerprint density at radius 3 is 2.50 bits per heavy atom. The fourth-order valence-corrected chi connectivity index (χ4v) is 2.71. The van der Waals surface area contributed by atoms with Gasteiger partial charge in [0.1, 0.15) is 0 Å². The first kappa shape index (κ1) is 13.9. The number of benzene rings is 1. The molecule has 0 heterocycles. The molecule has 90 valence electrons. The van der Waals surface area contributed by atoms with Gasteiger partial charge in [-0.1, -0.05) is 25.1 Å². The van der Waals surface area contributed by atoms with Crippen molar-refractivity contribution in [2.45, 2.75) is 25.9 Å². The highest BCUT2D eigenvalue weighted by molar-refractivity contribution is 14.1. The molecule has 0 aliphatic rings. The van der Waals surface area contributed by atoms with Crippen molar-refractivity contribution in [2.24, 2.45) is 0 Å². The summed E-state index contributed by atoms with van der Waals surface area (Å²) < 4.78 is 28.3. The van der Waals surface area contributed by atoms with Crippen LogP contribution in [0.2, 0.25) is 0 Å². The Labute approximate surface area is 110 Å². The van der Waals surface area contributed by atoms with Gasteiger partial charge in [-0.15, -0.1) is 0 Å². The van der Waals surface area contributed by atoms with E-state index < -0.39 is 10.1 Å². The molecule has 0 fully saturated rings. The molecule has 0 aliphatic heterocycles. The molecule has 0 aromatic heterocycles. The van der Waals surface area contributed by atoms with Crippen LogP contribution in [0.15, 0.2) is 24.3 Å². The second-order valence-electron chi connectivity index (χ2n) is 3.63. The summed E-state index contributed by atoms with van der Waals surface area (Å²) in [4.78, 5) is 0. The Hall–Kier alpha value is -0.140. The molecule has 1 atom stereocenters. The monoisotopic (exact) mass is 354 g/mol. The minimum atomic E-state index is -3.37. The first-order valence-corrected chi connectivity index (χ1v) is 7.93. The molecule has 0 saturated heterocycles. The fourth-order valence-electron chi connectivity index (χ4n) is 1.40. The average Bonchev–Trinajstić information content (AvgIpc) is 2.18. The summed E-state index contributed by atoms with van der Waals surface area (Å²) in [6.07, 6.45) is 2.12. The molecule has 1 aromatic rings. The molecule has 0 amide bonds. The van der Waals surface area contributed by atoms with Crippen LogP contribution < -0.4 is 0 Å². The summed E-state index contributed by atoms with van der Waals surface area (Å²) in [7, 11) is -3.37. The van der Waals surface area contributed by atoms with Crippen LogP contribution in [0, 0.1) is 3.57 Å². The lowest BCUT2D eigenvalue weighted by Gasteiger charge is -2.15. The summed E-state index contributed by atoms with van der Waals surface area (Å²) in [5, 5.41) is 0. The zero-order chi connectivity index (χ0) is 12.2. The predicted octanol–water partition coefficient (Wildman–Crippen LogP) is 2.59. The van der Waals surface area contributed by atoms with Crippen molar-refractivity contribution in [1.82, 2.24) is 0 Å². The van der Waals surface area contributed by atoms with Crippen LogP contribution in [0.3, 0.4) is 0 Å². The molecular weight excluding hydrogens is 339 g/mol. The van der Waals surface area contributed by atoms with Gasteiger partial charge in [-0.3, -0.25) is 4.18 Å². The molecule has 0 unspecified atom stereocenters. The Morgan fingerprint density at radius 2 is 2.00 bits per heavy atom. The molecule has 0 spiro atoms. The lowest BCUT2D eigenvalue weighted by atomic mass is 10.1. The molecule has 16 heavy (non-hydrogen) atoms. The standard InChI is InChI=1S/C11H15IO3S/c1-3-10(15-16(2,13)14)8-9-6-4-5-7-11(9)12/h4-7,10H,3,8H2,1-2H3/t10-/m0/s1. The van der Waals surface area contributed by atoms with Crippen molar-refractivity contribution >= 4 is 32.7 Å². The molecule has 3 nitrogen and oxygen atoms in total. The van der Waals surface area contributed by atoms with Gasteiger partial charge in [0.05, 0.1) is 12.4 Å². The van der Waals surface area contributed by atoms with Gasteiger partial charge in [-0.2, -0.15) is 8.42 Å². The van der Waals surface area contributed by atoms with Gasteiger partial charge >= 0.3 is 0 Å². The van der Waals surface area contributed by atoms with E-state index in [4.69, 9.17) is 4.18 Å². The Morgan fingerprint density at radius 1 is 1.38 bits per heavy atom. The maximum Gasteiger partial charge on any atom is 0.264 e. The van der Waals surface area contributed by atoms with Crippen LogP contribution in [0.25, 0.3) is 0 Å². The number of halogens is 1. The average molecular weight is 354 g/mol. The zero-order valence-corrected chi connectivity index (χ0v) is 12.3. The first-order valence-electron chi connectivity index (χ1n) is 5.04. The molecule has 0 radical (unpaired) electrons. The SMILES string of the molecule is CC[C@@H](Cc1ccccc1I)OS(C)(=O)=O. The largest absolute Gasteiger partial charge is 0.267 e. The zero-order valence-electron chi connectivity index (χ0n) is 9.31. The molecule has 1 rings (SSSR count). The molecule has 0 aliphatic carbocycles. The Bertz CT molecular complexity index is 442. The van der Waals surface area contributed by atoms with E-state index in [9.17, 15) is 8.42 Å². The van der Waals surface area contributed by atoms with E-state index in [0.29, 0.717) is 12.8 Å². The van der Waals surface area contributed by atoms with E-state index >= 15 is 0 Å². The first-order chi connectivity index (χ1) is 7.42. The number of hydrogen-bond acceptors (Lipinski definition) is 3. The second kappa shape index (κ2) is 5.97. The van der Waals surface area contributed by atoms with Crippen LogP contribution in [0.1, 0.15) is 18.9 Å². The van der Waals surface area contributed by atoms with Gasteiger partial charge in [0.15, 0.2) is 0 Å². The predicted molar refractivity (Wildman–Crippen MR) is 72.9 cm³/mol.